The van der Waals surface area contributed by atoms with Crippen LogP contribution in [-0.4, -0.2) is 25.5 Å². The lowest BCUT2D eigenvalue weighted by Crippen LogP contribution is -2.32. The third kappa shape index (κ3) is 3.96. The summed E-state index contributed by atoms with van der Waals surface area (Å²) in [6, 6.07) is 11.1. The van der Waals surface area contributed by atoms with Crippen molar-refractivity contribution in [3.8, 4) is 5.75 Å². The monoisotopic (exact) mass is 376 g/mol. The number of hydrogen-bond acceptors (Lipinski definition) is 3. The highest BCUT2D eigenvalue weighted by atomic mass is 35.5. The second-order valence-electron chi connectivity index (χ2n) is 6.06. The second-order valence-corrected chi connectivity index (χ2v) is 6.46. The Labute approximate surface area is 155 Å². The minimum Gasteiger partial charge on any atom is -0.497 e. The molecular formula is C19H18ClFN2O3. The van der Waals surface area contributed by atoms with Crippen LogP contribution in [0.3, 0.4) is 0 Å². The van der Waals surface area contributed by atoms with Gasteiger partial charge >= 0.3 is 0 Å². The summed E-state index contributed by atoms with van der Waals surface area (Å²) in [7, 11) is 1.57. The topological polar surface area (TPSA) is 58.6 Å². The minimum atomic E-state index is -0.441. The van der Waals surface area contributed by atoms with Crippen LogP contribution in [0.25, 0.3) is 0 Å². The summed E-state index contributed by atoms with van der Waals surface area (Å²) in [5, 5.41) is 3.02. The first-order valence-electron chi connectivity index (χ1n) is 8.14. The molecule has 0 aliphatic carbocycles. The molecule has 0 spiro atoms. The van der Waals surface area contributed by atoms with Crippen LogP contribution in [0.2, 0.25) is 5.02 Å². The number of nitrogens with one attached hydrogen (secondary N) is 1. The minimum absolute atomic E-state index is 0.102. The van der Waals surface area contributed by atoms with Crippen molar-refractivity contribution in [2.75, 3.05) is 18.6 Å². The fourth-order valence-corrected chi connectivity index (χ4v) is 3.12. The number of hydrogen-bond donors (Lipinski definition) is 1. The lowest BCUT2D eigenvalue weighted by Gasteiger charge is -2.17. The van der Waals surface area contributed by atoms with Crippen molar-refractivity contribution < 1.29 is 18.7 Å². The number of ether oxygens (including phenoxy) is 1. The summed E-state index contributed by atoms with van der Waals surface area (Å²) in [6.45, 7) is 0.499. The van der Waals surface area contributed by atoms with Crippen molar-refractivity contribution in [3.05, 3.63) is 58.9 Å². The standard InChI is InChI=1S/C19H18ClFN2O3/c1-26-16-6-4-15(5-7-16)23-11-13(8-18(23)24)19(25)22-10-12-2-3-14(21)9-17(12)20/h2-7,9,13H,8,10-11H2,1H3,(H,22,25). The van der Waals surface area contributed by atoms with Gasteiger partial charge < -0.3 is 15.0 Å². The van der Waals surface area contributed by atoms with Crippen LogP contribution in [0.1, 0.15) is 12.0 Å². The van der Waals surface area contributed by atoms with Gasteiger partial charge in [0.2, 0.25) is 11.8 Å². The molecule has 1 aliphatic rings. The van der Waals surface area contributed by atoms with Crippen molar-refractivity contribution in [3.63, 3.8) is 0 Å². The summed E-state index contributed by atoms with van der Waals surface area (Å²) in [5.41, 5.74) is 1.35. The molecule has 136 valence electrons. The summed E-state index contributed by atoms with van der Waals surface area (Å²) < 4.78 is 18.2. The number of carbonyl (C=O) groups excluding carboxylic acids is 2. The van der Waals surface area contributed by atoms with Gasteiger partial charge in [0.05, 0.1) is 13.0 Å². The molecule has 0 bridgehead atoms. The van der Waals surface area contributed by atoms with Gasteiger partial charge in [-0.15, -0.1) is 0 Å². The van der Waals surface area contributed by atoms with Crippen LogP contribution in [0.5, 0.6) is 5.75 Å². The predicted octanol–water partition coefficient (Wildman–Crippen LogP) is 3.16. The zero-order valence-electron chi connectivity index (χ0n) is 14.2. The summed E-state index contributed by atoms with van der Waals surface area (Å²) in [5.74, 6) is -0.499. The van der Waals surface area contributed by atoms with Crippen LogP contribution in [0.15, 0.2) is 42.5 Å². The molecule has 5 nitrogen and oxygen atoms in total. The number of anilines is 1. The Balaban J connectivity index is 1.61. The fourth-order valence-electron chi connectivity index (χ4n) is 2.89. The van der Waals surface area contributed by atoms with Gasteiger partial charge in [0, 0.05) is 30.2 Å². The molecule has 0 saturated carbocycles. The van der Waals surface area contributed by atoms with Gasteiger partial charge in [-0.2, -0.15) is 0 Å². The molecule has 7 heteroatoms. The zero-order chi connectivity index (χ0) is 18.7. The SMILES string of the molecule is COc1ccc(N2CC(C(=O)NCc3ccc(F)cc3Cl)CC2=O)cc1. The lowest BCUT2D eigenvalue weighted by atomic mass is 10.1. The van der Waals surface area contributed by atoms with Gasteiger partial charge in [-0.25, -0.2) is 4.39 Å². The lowest BCUT2D eigenvalue weighted by molar-refractivity contribution is -0.126. The van der Waals surface area contributed by atoms with Gasteiger partial charge in [-0.1, -0.05) is 17.7 Å². The summed E-state index contributed by atoms with van der Waals surface area (Å²) >= 11 is 5.96. The van der Waals surface area contributed by atoms with E-state index >= 15 is 0 Å². The summed E-state index contributed by atoms with van der Waals surface area (Å²) in [6.07, 6.45) is 0.148. The van der Waals surface area contributed by atoms with Crippen molar-refractivity contribution in [1.82, 2.24) is 5.32 Å². The molecule has 26 heavy (non-hydrogen) atoms. The molecule has 1 atom stereocenters. The number of nitrogens with zero attached hydrogens (tertiary/aromatic N) is 1. The Morgan fingerprint density at radius 1 is 1.31 bits per heavy atom. The Hall–Kier alpha value is -2.60. The zero-order valence-corrected chi connectivity index (χ0v) is 14.9. The largest absolute Gasteiger partial charge is 0.497 e. The Morgan fingerprint density at radius 2 is 2.04 bits per heavy atom. The van der Waals surface area contributed by atoms with E-state index in [4.69, 9.17) is 16.3 Å². The van der Waals surface area contributed by atoms with Crippen LogP contribution in [-0.2, 0) is 16.1 Å². The molecule has 2 aromatic rings. The van der Waals surface area contributed by atoms with E-state index in [0.717, 1.165) is 5.69 Å². The molecule has 2 aromatic carbocycles. The first-order chi connectivity index (χ1) is 12.5. The van der Waals surface area contributed by atoms with Crippen LogP contribution in [0, 0.1) is 11.7 Å². The Bertz CT molecular complexity index is 826. The predicted molar refractivity (Wildman–Crippen MR) is 96.7 cm³/mol. The van der Waals surface area contributed by atoms with Gasteiger partial charge in [0.25, 0.3) is 0 Å². The maximum Gasteiger partial charge on any atom is 0.227 e. The van der Waals surface area contributed by atoms with Crippen LogP contribution in [0.4, 0.5) is 10.1 Å². The van der Waals surface area contributed by atoms with Crippen molar-refractivity contribution >= 4 is 29.1 Å². The molecule has 1 saturated heterocycles. The van der Waals surface area contributed by atoms with Crippen molar-refractivity contribution in [1.29, 1.82) is 0 Å². The number of carbonyl (C=O) groups is 2. The Morgan fingerprint density at radius 3 is 2.69 bits per heavy atom. The molecule has 1 N–H and O–H groups in total. The highest BCUT2D eigenvalue weighted by molar-refractivity contribution is 6.31. The van der Waals surface area contributed by atoms with Crippen LogP contribution < -0.4 is 15.0 Å². The molecule has 0 radical (unpaired) electrons. The van der Waals surface area contributed by atoms with E-state index in [1.54, 1.807) is 36.3 Å². The third-order valence-corrected chi connectivity index (χ3v) is 4.70. The third-order valence-electron chi connectivity index (χ3n) is 4.35. The fraction of sp³-hybridized carbons (Fsp3) is 0.263. The molecular weight excluding hydrogens is 359 g/mol. The highest BCUT2D eigenvalue weighted by Gasteiger charge is 2.35. The number of halogens is 2. The highest BCUT2D eigenvalue weighted by Crippen LogP contribution is 2.27. The molecule has 3 rings (SSSR count). The maximum absolute atomic E-state index is 13.1. The van der Waals surface area contributed by atoms with E-state index in [1.165, 1.54) is 18.2 Å². The van der Waals surface area contributed by atoms with E-state index in [-0.39, 0.29) is 29.8 Å². The summed E-state index contributed by atoms with van der Waals surface area (Å²) in [4.78, 5) is 26.2. The second kappa shape index (κ2) is 7.74. The van der Waals surface area contributed by atoms with Crippen LogP contribution >= 0.6 is 11.6 Å². The van der Waals surface area contributed by atoms with E-state index in [2.05, 4.69) is 5.32 Å². The van der Waals surface area contributed by atoms with Gasteiger partial charge in [0.1, 0.15) is 11.6 Å². The average Bonchev–Trinajstić information content (AvgIpc) is 3.02. The maximum atomic E-state index is 13.1. The Kier molecular flexibility index (Phi) is 5.42. The molecule has 0 aromatic heterocycles. The normalized spacial score (nSPS) is 16.7. The number of rotatable bonds is 5. The first-order valence-corrected chi connectivity index (χ1v) is 8.52. The van der Waals surface area contributed by atoms with E-state index in [1.807, 2.05) is 0 Å². The molecule has 1 fully saturated rings. The van der Waals surface area contributed by atoms with E-state index in [9.17, 15) is 14.0 Å². The smallest absolute Gasteiger partial charge is 0.227 e. The number of methoxy groups -OCH3 is 1. The van der Waals surface area contributed by atoms with E-state index < -0.39 is 11.7 Å². The van der Waals surface area contributed by atoms with Gasteiger partial charge in [-0.05, 0) is 42.0 Å². The van der Waals surface area contributed by atoms with Crippen molar-refractivity contribution in [2.45, 2.75) is 13.0 Å². The van der Waals surface area contributed by atoms with E-state index in [0.29, 0.717) is 17.9 Å². The number of amides is 2. The quantitative estimate of drug-likeness (QED) is 0.872. The number of benzene rings is 2. The average molecular weight is 377 g/mol. The van der Waals surface area contributed by atoms with Gasteiger partial charge in [-0.3, -0.25) is 9.59 Å². The molecule has 1 aliphatic heterocycles. The van der Waals surface area contributed by atoms with Gasteiger partial charge in [0.15, 0.2) is 0 Å². The van der Waals surface area contributed by atoms with Crippen molar-refractivity contribution in [2.24, 2.45) is 5.92 Å². The first kappa shape index (κ1) is 18.2. The molecule has 1 heterocycles. The molecule has 2 amide bonds. The molecule has 1 unspecified atom stereocenters.